The summed E-state index contributed by atoms with van der Waals surface area (Å²) in [4.78, 5) is 14.0. The van der Waals surface area contributed by atoms with Gasteiger partial charge in [0.05, 0.1) is 12.8 Å². The third-order valence-electron chi connectivity index (χ3n) is 3.02. The molecule has 5 nitrogen and oxygen atoms in total. The first-order valence-electron chi connectivity index (χ1n) is 6.71. The number of benzene rings is 1. The Morgan fingerprint density at radius 2 is 2.05 bits per heavy atom. The van der Waals surface area contributed by atoms with Gasteiger partial charge in [0.15, 0.2) is 0 Å². The number of halogens is 1. The number of hydrogen-bond acceptors (Lipinski definition) is 3. The molecule has 6 heteroatoms. The van der Waals surface area contributed by atoms with E-state index >= 15 is 0 Å². The Hall–Kier alpha value is -1.46. The second-order valence-electron chi connectivity index (χ2n) is 4.25. The van der Waals surface area contributed by atoms with E-state index in [-0.39, 0.29) is 6.03 Å². The van der Waals surface area contributed by atoms with Crippen molar-refractivity contribution in [1.82, 2.24) is 10.2 Å². The average Bonchev–Trinajstić information content (AvgIpc) is 2.44. The summed E-state index contributed by atoms with van der Waals surface area (Å²) in [6.07, 6.45) is 0. The molecule has 0 aliphatic carbocycles. The second-order valence-corrected chi connectivity index (χ2v) is 4.69. The van der Waals surface area contributed by atoms with Gasteiger partial charge in [0.25, 0.3) is 0 Å². The number of anilines is 1. The molecule has 20 heavy (non-hydrogen) atoms. The maximum absolute atomic E-state index is 11.8. The Morgan fingerprint density at radius 3 is 2.65 bits per heavy atom. The Morgan fingerprint density at radius 1 is 1.35 bits per heavy atom. The molecule has 0 unspecified atom stereocenters. The standard InChI is InChI=1S/C14H22ClN3O2/c1-4-18(5-2)9-8-16-14(19)17-12-10-11(15)6-7-13(12)20-3/h6-7,10H,4-5,8-9H2,1-3H3,(H2,16,17,19). The van der Waals surface area contributed by atoms with Gasteiger partial charge in [0, 0.05) is 18.1 Å². The lowest BCUT2D eigenvalue weighted by molar-refractivity contribution is 0.247. The summed E-state index contributed by atoms with van der Waals surface area (Å²) < 4.78 is 5.17. The molecular weight excluding hydrogens is 278 g/mol. The van der Waals surface area contributed by atoms with E-state index < -0.39 is 0 Å². The maximum atomic E-state index is 11.8. The first kappa shape index (κ1) is 16.6. The molecule has 0 saturated carbocycles. The van der Waals surface area contributed by atoms with Gasteiger partial charge in [0.1, 0.15) is 5.75 Å². The molecule has 1 aromatic carbocycles. The highest BCUT2D eigenvalue weighted by Gasteiger charge is 2.08. The molecule has 0 atom stereocenters. The van der Waals surface area contributed by atoms with Crippen LogP contribution in [0, 0.1) is 0 Å². The predicted octanol–water partition coefficient (Wildman–Crippen LogP) is 2.81. The van der Waals surface area contributed by atoms with Crippen molar-refractivity contribution >= 4 is 23.3 Å². The first-order chi connectivity index (χ1) is 9.60. The van der Waals surface area contributed by atoms with Gasteiger partial charge in [-0.25, -0.2) is 4.79 Å². The summed E-state index contributed by atoms with van der Waals surface area (Å²) in [5.74, 6) is 0.577. The molecular formula is C14H22ClN3O2. The molecule has 0 aliphatic heterocycles. The van der Waals surface area contributed by atoms with Gasteiger partial charge in [-0.2, -0.15) is 0 Å². The Balaban J connectivity index is 2.48. The molecule has 1 rings (SSSR count). The van der Waals surface area contributed by atoms with Crippen LogP contribution in [0.1, 0.15) is 13.8 Å². The predicted molar refractivity (Wildman–Crippen MR) is 82.8 cm³/mol. The maximum Gasteiger partial charge on any atom is 0.319 e. The number of carbonyl (C=O) groups excluding carboxylic acids is 1. The summed E-state index contributed by atoms with van der Waals surface area (Å²) >= 11 is 5.91. The minimum atomic E-state index is -0.266. The third-order valence-corrected chi connectivity index (χ3v) is 3.25. The molecule has 1 aromatic rings. The van der Waals surface area contributed by atoms with E-state index in [0.29, 0.717) is 23.0 Å². The summed E-state index contributed by atoms with van der Waals surface area (Å²) in [5, 5.41) is 6.09. The van der Waals surface area contributed by atoms with Crippen molar-refractivity contribution in [2.45, 2.75) is 13.8 Å². The van der Waals surface area contributed by atoms with E-state index in [2.05, 4.69) is 29.4 Å². The molecule has 0 aliphatic rings. The van der Waals surface area contributed by atoms with Crippen LogP contribution in [0.25, 0.3) is 0 Å². The van der Waals surface area contributed by atoms with Gasteiger partial charge < -0.3 is 20.3 Å². The minimum absolute atomic E-state index is 0.266. The molecule has 0 saturated heterocycles. The molecule has 112 valence electrons. The minimum Gasteiger partial charge on any atom is -0.495 e. The molecule has 2 amide bonds. The summed E-state index contributed by atoms with van der Waals surface area (Å²) in [6.45, 7) is 7.56. The van der Waals surface area contributed by atoms with E-state index in [0.717, 1.165) is 19.6 Å². The average molecular weight is 300 g/mol. The number of ether oxygens (including phenoxy) is 1. The van der Waals surface area contributed by atoms with E-state index in [1.54, 1.807) is 25.3 Å². The number of urea groups is 1. The van der Waals surface area contributed by atoms with E-state index in [4.69, 9.17) is 16.3 Å². The SMILES string of the molecule is CCN(CC)CCNC(=O)Nc1cc(Cl)ccc1OC. The lowest BCUT2D eigenvalue weighted by atomic mass is 10.3. The van der Waals surface area contributed by atoms with Crippen molar-refractivity contribution in [3.8, 4) is 5.75 Å². The number of hydrogen-bond donors (Lipinski definition) is 2. The molecule has 0 fully saturated rings. The monoisotopic (exact) mass is 299 g/mol. The number of rotatable bonds is 7. The number of nitrogens with zero attached hydrogens (tertiary/aromatic N) is 1. The van der Waals surface area contributed by atoms with Crippen LogP contribution in [0.15, 0.2) is 18.2 Å². The fourth-order valence-corrected chi connectivity index (χ4v) is 1.98. The molecule has 0 heterocycles. The summed E-state index contributed by atoms with van der Waals surface area (Å²) in [6, 6.07) is 4.82. The smallest absolute Gasteiger partial charge is 0.319 e. The lowest BCUT2D eigenvalue weighted by Crippen LogP contribution is -2.36. The van der Waals surface area contributed by atoms with Crippen LogP contribution in [0.3, 0.4) is 0 Å². The lowest BCUT2D eigenvalue weighted by Gasteiger charge is -2.18. The third kappa shape index (κ3) is 5.27. The van der Waals surface area contributed by atoms with Crippen LogP contribution < -0.4 is 15.4 Å². The molecule has 0 radical (unpaired) electrons. The molecule has 0 bridgehead atoms. The highest BCUT2D eigenvalue weighted by atomic mass is 35.5. The zero-order valence-corrected chi connectivity index (χ0v) is 13.0. The van der Waals surface area contributed by atoms with Crippen LogP contribution in [-0.2, 0) is 0 Å². The van der Waals surface area contributed by atoms with Crippen molar-refractivity contribution in [2.75, 3.05) is 38.6 Å². The molecule has 0 spiro atoms. The van der Waals surface area contributed by atoms with Crippen molar-refractivity contribution in [3.05, 3.63) is 23.2 Å². The fraction of sp³-hybridized carbons (Fsp3) is 0.500. The number of carbonyl (C=O) groups is 1. The summed E-state index contributed by atoms with van der Waals surface area (Å²) in [7, 11) is 1.55. The van der Waals surface area contributed by atoms with Crippen molar-refractivity contribution in [2.24, 2.45) is 0 Å². The highest BCUT2D eigenvalue weighted by molar-refractivity contribution is 6.31. The molecule has 0 aromatic heterocycles. The van der Waals surface area contributed by atoms with Crippen LogP contribution >= 0.6 is 11.6 Å². The van der Waals surface area contributed by atoms with Gasteiger partial charge in [0.2, 0.25) is 0 Å². The first-order valence-corrected chi connectivity index (χ1v) is 7.09. The molecule has 2 N–H and O–H groups in total. The van der Waals surface area contributed by atoms with E-state index in [9.17, 15) is 4.79 Å². The van der Waals surface area contributed by atoms with Crippen LogP contribution in [0.5, 0.6) is 5.75 Å². The van der Waals surface area contributed by atoms with Gasteiger partial charge in [-0.1, -0.05) is 25.4 Å². The van der Waals surface area contributed by atoms with Crippen molar-refractivity contribution in [3.63, 3.8) is 0 Å². The van der Waals surface area contributed by atoms with Gasteiger partial charge in [-0.15, -0.1) is 0 Å². The Labute approximate surface area is 125 Å². The number of likely N-dealkylation sites (N-methyl/N-ethyl adjacent to an activating group) is 1. The summed E-state index contributed by atoms with van der Waals surface area (Å²) in [5.41, 5.74) is 0.556. The topological polar surface area (TPSA) is 53.6 Å². The number of methoxy groups -OCH3 is 1. The quantitative estimate of drug-likeness (QED) is 0.814. The zero-order chi connectivity index (χ0) is 15.0. The van der Waals surface area contributed by atoms with Gasteiger partial charge in [-0.05, 0) is 31.3 Å². The normalized spacial score (nSPS) is 10.4. The van der Waals surface area contributed by atoms with Gasteiger partial charge >= 0.3 is 6.03 Å². The van der Waals surface area contributed by atoms with Crippen molar-refractivity contribution in [1.29, 1.82) is 0 Å². The largest absolute Gasteiger partial charge is 0.495 e. The van der Waals surface area contributed by atoms with Gasteiger partial charge in [-0.3, -0.25) is 0 Å². The van der Waals surface area contributed by atoms with E-state index in [1.807, 2.05) is 0 Å². The fourth-order valence-electron chi connectivity index (χ4n) is 1.81. The van der Waals surface area contributed by atoms with Crippen LogP contribution in [0.4, 0.5) is 10.5 Å². The van der Waals surface area contributed by atoms with Crippen LogP contribution in [-0.4, -0.2) is 44.2 Å². The van der Waals surface area contributed by atoms with E-state index in [1.165, 1.54) is 0 Å². The zero-order valence-electron chi connectivity index (χ0n) is 12.2. The van der Waals surface area contributed by atoms with Crippen LogP contribution in [0.2, 0.25) is 5.02 Å². The number of amides is 2. The van der Waals surface area contributed by atoms with Crippen molar-refractivity contribution < 1.29 is 9.53 Å². The highest BCUT2D eigenvalue weighted by Crippen LogP contribution is 2.27. The number of nitrogens with one attached hydrogen (secondary N) is 2. The Bertz CT molecular complexity index is 436. The second kappa shape index (κ2) is 8.66. The Kier molecular flexibility index (Phi) is 7.18.